The lowest BCUT2D eigenvalue weighted by Crippen LogP contribution is -1.78. The first-order chi connectivity index (χ1) is 7.93. The van der Waals surface area contributed by atoms with Crippen molar-refractivity contribution >= 4 is 0 Å². The number of benzene rings is 1. The van der Waals surface area contributed by atoms with Crippen molar-refractivity contribution in [2.45, 2.75) is 26.2 Å². The van der Waals surface area contributed by atoms with E-state index in [0.717, 1.165) is 19.3 Å². The molecule has 0 N–H and O–H groups in total. The van der Waals surface area contributed by atoms with E-state index in [0.29, 0.717) is 0 Å². The fourth-order valence-electron chi connectivity index (χ4n) is 1.29. The third kappa shape index (κ3) is 5.88. The summed E-state index contributed by atoms with van der Waals surface area (Å²) in [6.07, 6.45) is 11.2. The summed E-state index contributed by atoms with van der Waals surface area (Å²) < 4.78 is 0. The van der Waals surface area contributed by atoms with Crippen LogP contribution in [0, 0.1) is 11.8 Å². The Hall–Kier alpha value is -1.74. The standard InChI is InChI=1S/C16H18/c1-2-3-4-5-6-7-8-10-13-16-14-11-9-12-15-16/h2-3,5-6,9,11-12,14-15H,4,7,13H2,1H3/b3-2+,6-5+. The molecule has 0 unspecified atom stereocenters. The Bertz CT molecular complexity index is 385. The molecule has 0 heterocycles. The molecular formula is C16H18. The van der Waals surface area contributed by atoms with Gasteiger partial charge in [-0.15, -0.1) is 0 Å². The highest BCUT2D eigenvalue weighted by Gasteiger charge is 1.83. The van der Waals surface area contributed by atoms with Gasteiger partial charge in [-0.3, -0.25) is 0 Å². The molecule has 16 heavy (non-hydrogen) atoms. The van der Waals surface area contributed by atoms with Gasteiger partial charge in [-0.2, -0.15) is 0 Å². The van der Waals surface area contributed by atoms with Crippen LogP contribution >= 0.6 is 0 Å². The molecule has 0 aromatic heterocycles. The SMILES string of the molecule is C/C=C/C/C=C/CC#CCc1ccccc1. The Morgan fingerprint density at radius 1 is 1.00 bits per heavy atom. The summed E-state index contributed by atoms with van der Waals surface area (Å²) in [6.45, 7) is 2.04. The van der Waals surface area contributed by atoms with Crippen LogP contribution in [0.1, 0.15) is 25.3 Å². The molecular weight excluding hydrogens is 192 g/mol. The second-order valence-electron chi connectivity index (χ2n) is 3.50. The van der Waals surface area contributed by atoms with E-state index in [2.05, 4.69) is 48.3 Å². The molecule has 0 atom stereocenters. The molecule has 1 aromatic carbocycles. The van der Waals surface area contributed by atoms with Gasteiger partial charge in [0.25, 0.3) is 0 Å². The van der Waals surface area contributed by atoms with E-state index < -0.39 is 0 Å². The van der Waals surface area contributed by atoms with Crippen LogP contribution in [0.4, 0.5) is 0 Å². The first-order valence-electron chi connectivity index (χ1n) is 5.69. The smallest absolute Gasteiger partial charge is 0.0340 e. The van der Waals surface area contributed by atoms with Gasteiger partial charge in [0.2, 0.25) is 0 Å². The maximum absolute atomic E-state index is 3.17. The first-order valence-corrected chi connectivity index (χ1v) is 5.69. The zero-order valence-electron chi connectivity index (χ0n) is 9.82. The van der Waals surface area contributed by atoms with Gasteiger partial charge in [-0.25, -0.2) is 0 Å². The number of allylic oxidation sites excluding steroid dienone is 4. The van der Waals surface area contributed by atoms with Crippen LogP contribution in [0.15, 0.2) is 54.6 Å². The van der Waals surface area contributed by atoms with Gasteiger partial charge in [0.05, 0.1) is 0 Å². The summed E-state index contributed by atoms with van der Waals surface area (Å²) in [5.41, 5.74) is 1.29. The van der Waals surface area contributed by atoms with Crippen LogP contribution in [-0.4, -0.2) is 0 Å². The molecule has 0 saturated heterocycles. The van der Waals surface area contributed by atoms with Gasteiger partial charge >= 0.3 is 0 Å². The fraction of sp³-hybridized carbons (Fsp3) is 0.250. The predicted molar refractivity (Wildman–Crippen MR) is 71.1 cm³/mol. The molecule has 0 aliphatic rings. The summed E-state index contributed by atoms with van der Waals surface area (Å²) >= 11 is 0. The summed E-state index contributed by atoms with van der Waals surface area (Å²) in [5, 5.41) is 0. The van der Waals surface area contributed by atoms with E-state index >= 15 is 0 Å². The third-order valence-corrected chi connectivity index (χ3v) is 2.15. The second kappa shape index (κ2) is 8.56. The minimum Gasteiger partial charge on any atom is -0.0988 e. The van der Waals surface area contributed by atoms with Gasteiger partial charge < -0.3 is 0 Å². The van der Waals surface area contributed by atoms with Gasteiger partial charge in [-0.05, 0) is 18.9 Å². The molecule has 1 rings (SSSR count). The maximum Gasteiger partial charge on any atom is 0.0340 e. The van der Waals surface area contributed by atoms with E-state index in [1.54, 1.807) is 0 Å². The van der Waals surface area contributed by atoms with E-state index in [1.807, 2.05) is 25.1 Å². The van der Waals surface area contributed by atoms with Crippen molar-refractivity contribution in [1.29, 1.82) is 0 Å². The van der Waals surface area contributed by atoms with Crippen molar-refractivity contribution in [3.63, 3.8) is 0 Å². The summed E-state index contributed by atoms with van der Waals surface area (Å²) in [5.74, 6) is 6.32. The highest BCUT2D eigenvalue weighted by Crippen LogP contribution is 1.98. The van der Waals surface area contributed by atoms with Crippen molar-refractivity contribution in [1.82, 2.24) is 0 Å². The minimum absolute atomic E-state index is 0.851. The number of hydrogen-bond donors (Lipinski definition) is 0. The quantitative estimate of drug-likeness (QED) is 0.517. The number of hydrogen-bond acceptors (Lipinski definition) is 0. The Labute approximate surface area is 98.7 Å². The summed E-state index contributed by atoms with van der Waals surface area (Å²) in [4.78, 5) is 0. The third-order valence-electron chi connectivity index (χ3n) is 2.15. The Morgan fingerprint density at radius 3 is 2.56 bits per heavy atom. The highest BCUT2D eigenvalue weighted by atomic mass is 13.9. The summed E-state index contributed by atoms with van der Waals surface area (Å²) in [6, 6.07) is 10.3. The molecule has 0 fully saturated rings. The number of rotatable bonds is 4. The molecule has 0 saturated carbocycles. The maximum atomic E-state index is 3.17. The van der Waals surface area contributed by atoms with Crippen molar-refractivity contribution in [2.24, 2.45) is 0 Å². The minimum atomic E-state index is 0.851. The normalized spacial score (nSPS) is 10.6. The molecule has 0 heteroatoms. The molecule has 0 nitrogen and oxygen atoms in total. The molecule has 82 valence electrons. The fourth-order valence-corrected chi connectivity index (χ4v) is 1.29. The Balaban J connectivity index is 2.21. The van der Waals surface area contributed by atoms with Crippen molar-refractivity contribution in [3.05, 3.63) is 60.2 Å². The Morgan fingerprint density at radius 2 is 1.81 bits per heavy atom. The molecule has 0 aliphatic carbocycles. The lowest BCUT2D eigenvalue weighted by molar-refractivity contribution is 1.30. The van der Waals surface area contributed by atoms with Crippen molar-refractivity contribution < 1.29 is 0 Å². The average Bonchev–Trinajstić information content (AvgIpc) is 2.34. The van der Waals surface area contributed by atoms with Crippen molar-refractivity contribution in [3.8, 4) is 11.8 Å². The first kappa shape index (κ1) is 12.3. The summed E-state index contributed by atoms with van der Waals surface area (Å²) in [7, 11) is 0. The van der Waals surface area contributed by atoms with E-state index in [1.165, 1.54) is 5.56 Å². The lowest BCUT2D eigenvalue weighted by atomic mass is 10.1. The topological polar surface area (TPSA) is 0 Å². The van der Waals surface area contributed by atoms with Gasteiger partial charge in [0.1, 0.15) is 0 Å². The molecule has 0 radical (unpaired) electrons. The molecule has 0 aliphatic heterocycles. The lowest BCUT2D eigenvalue weighted by Gasteiger charge is -1.90. The monoisotopic (exact) mass is 210 g/mol. The van der Waals surface area contributed by atoms with Crippen molar-refractivity contribution in [2.75, 3.05) is 0 Å². The van der Waals surface area contributed by atoms with Crippen LogP contribution in [0.25, 0.3) is 0 Å². The molecule has 1 aromatic rings. The van der Waals surface area contributed by atoms with E-state index in [-0.39, 0.29) is 0 Å². The predicted octanol–water partition coefficient (Wildman–Crippen LogP) is 4.15. The van der Waals surface area contributed by atoms with Crippen LogP contribution in [0.5, 0.6) is 0 Å². The second-order valence-corrected chi connectivity index (χ2v) is 3.50. The molecule has 0 amide bonds. The zero-order chi connectivity index (χ0) is 11.5. The van der Waals surface area contributed by atoms with E-state index in [9.17, 15) is 0 Å². The zero-order valence-corrected chi connectivity index (χ0v) is 9.82. The van der Waals surface area contributed by atoms with Crippen LogP contribution in [-0.2, 0) is 6.42 Å². The van der Waals surface area contributed by atoms with E-state index in [4.69, 9.17) is 0 Å². The largest absolute Gasteiger partial charge is 0.0988 e. The van der Waals surface area contributed by atoms with Gasteiger partial charge in [0.15, 0.2) is 0 Å². The van der Waals surface area contributed by atoms with Gasteiger partial charge in [-0.1, -0.05) is 66.5 Å². The average molecular weight is 210 g/mol. The van der Waals surface area contributed by atoms with Crippen LogP contribution in [0.2, 0.25) is 0 Å². The highest BCUT2D eigenvalue weighted by molar-refractivity contribution is 5.21. The van der Waals surface area contributed by atoms with Gasteiger partial charge in [0, 0.05) is 12.8 Å². The Kier molecular flexibility index (Phi) is 6.60. The van der Waals surface area contributed by atoms with Crippen LogP contribution < -0.4 is 0 Å². The van der Waals surface area contributed by atoms with Crippen LogP contribution in [0.3, 0.4) is 0 Å². The molecule has 0 bridgehead atoms. The molecule has 0 spiro atoms.